The number of benzene rings is 3. The molecule has 10 heteroatoms. The molecule has 0 bridgehead atoms. The van der Waals surface area contributed by atoms with Crippen LogP contribution in [0.5, 0.6) is 0 Å². The lowest BCUT2D eigenvalue weighted by Crippen LogP contribution is -2.44. The third kappa shape index (κ3) is 3.17. The van der Waals surface area contributed by atoms with Gasteiger partial charge in [-0.3, -0.25) is 4.79 Å². The van der Waals surface area contributed by atoms with Gasteiger partial charge in [-0.2, -0.15) is 13.2 Å². The molecule has 5 nitrogen and oxygen atoms in total. The number of imidazole rings is 1. The van der Waals surface area contributed by atoms with Gasteiger partial charge in [-0.1, -0.05) is 24.3 Å². The molecule has 3 N–H and O–H groups in total. The summed E-state index contributed by atoms with van der Waals surface area (Å²) in [6, 6.07) is 11.0. The Morgan fingerprint density at radius 2 is 1.73 bits per heavy atom. The maximum absolute atomic E-state index is 14.4. The number of alkyl halides is 3. The summed E-state index contributed by atoms with van der Waals surface area (Å²) in [5, 5.41) is 13.0. The molecule has 3 aromatic carbocycles. The van der Waals surface area contributed by atoms with Crippen LogP contribution in [-0.2, 0) is 11.7 Å². The van der Waals surface area contributed by atoms with Gasteiger partial charge in [0.05, 0.1) is 17.7 Å². The van der Waals surface area contributed by atoms with E-state index >= 15 is 0 Å². The van der Waals surface area contributed by atoms with Gasteiger partial charge in [0, 0.05) is 16.7 Å². The van der Waals surface area contributed by atoms with Gasteiger partial charge in [-0.05, 0) is 35.9 Å². The molecule has 0 aliphatic carbocycles. The van der Waals surface area contributed by atoms with Crippen molar-refractivity contribution in [1.29, 1.82) is 0 Å². The average Bonchev–Trinajstić information content (AvgIpc) is 3.33. The van der Waals surface area contributed by atoms with Crippen LogP contribution in [0.15, 0.2) is 54.6 Å². The molecule has 0 spiro atoms. The van der Waals surface area contributed by atoms with Gasteiger partial charge in [-0.25, -0.2) is 13.8 Å². The smallest absolute Gasteiger partial charge is 0.393 e. The van der Waals surface area contributed by atoms with Gasteiger partial charge in [-0.15, -0.1) is 0 Å². The van der Waals surface area contributed by atoms with Crippen molar-refractivity contribution in [2.75, 3.05) is 6.61 Å². The molecule has 1 amide bonds. The van der Waals surface area contributed by atoms with Crippen molar-refractivity contribution >= 4 is 16.9 Å². The first-order chi connectivity index (χ1) is 15.6. The van der Waals surface area contributed by atoms with Crippen molar-refractivity contribution in [3.63, 3.8) is 0 Å². The fourth-order valence-electron chi connectivity index (χ4n) is 4.27. The van der Waals surface area contributed by atoms with E-state index in [1.165, 1.54) is 36.4 Å². The number of rotatable bonds is 3. The first-order valence-corrected chi connectivity index (χ1v) is 9.74. The standard InChI is InChI=1S/C23H14F5N3O2/c24-13-4-1-3-11(7-13)22(10-32)18-14(5-2-6-15(18)21(33)31-22)20-29-17-9-12(23(26,27)28)8-16(25)19(17)30-20/h1-9,32H,10H2,(H,29,30)(H,31,33). The molecular weight excluding hydrogens is 445 g/mol. The number of nitrogens with one attached hydrogen (secondary N) is 2. The van der Waals surface area contributed by atoms with Crippen LogP contribution in [0.1, 0.15) is 27.0 Å². The minimum atomic E-state index is -4.76. The zero-order chi connectivity index (χ0) is 23.5. The fourth-order valence-corrected chi connectivity index (χ4v) is 4.27. The zero-order valence-electron chi connectivity index (χ0n) is 16.6. The zero-order valence-corrected chi connectivity index (χ0v) is 16.6. The van der Waals surface area contributed by atoms with Crippen molar-refractivity contribution in [1.82, 2.24) is 15.3 Å². The van der Waals surface area contributed by atoms with Gasteiger partial charge >= 0.3 is 6.18 Å². The van der Waals surface area contributed by atoms with E-state index in [2.05, 4.69) is 15.3 Å². The third-order valence-electron chi connectivity index (χ3n) is 5.74. The normalized spacial score (nSPS) is 17.9. The minimum Gasteiger partial charge on any atom is -0.393 e. The molecule has 1 unspecified atom stereocenters. The SMILES string of the molecule is O=C1NC(CO)(c2cccc(F)c2)c2c1cccc2-c1nc2c(F)cc(C(F)(F)F)cc2[nH]1. The Labute approximate surface area is 182 Å². The predicted molar refractivity (Wildman–Crippen MR) is 108 cm³/mol. The first-order valence-electron chi connectivity index (χ1n) is 9.74. The van der Waals surface area contributed by atoms with Crippen molar-refractivity contribution in [3.05, 3.63) is 88.5 Å². The molecule has 0 radical (unpaired) electrons. The monoisotopic (exact) mass is 459 g/mol. The Morgan fingerprint density at radius 1 is 1.00 bits per heavy atom. The van der Waals surface area contributed by atoms with Crippen molar-refractivity contribution < 1.29 is 31.9 Å². The van der Waals surface area contributed by atoms with Gasteiger partial charge in [0.2, 0.25) is 0 Å². The van der Waals surface area contributed by atoms with Gasteiger partial charge < -0.3 is 15.4 Å². The number of hydrogen-bond donors (Lipinski definition) is 3. The molecule has 1 atom stereocenters. The summed E-state index contributed by atoms with van der Waals surface area (Å²) in [6.45, 7) is -0.640. The quantitative estimate of drug-likeness (QED) is 0.395. The molecule has 33 heavy (non-hydrogen) atoms. The average molecular weight is 459 g/mol. The number of fused-ring (bicyclic) bond motifs is 2. The lowest BCUT2D eigenvalue weighted by Gasteiger charge is -2.30. The van der Waals surface area contributed by atoms with Crippen LogP contribution in [0.25, 0.3) is 22.4 Å². The van der Waals surface area contributed by atoms with Crippen LogP contribution in [0, 0.1) is 11.6 Å². The van der Waals surface area contributed by atoms with Crippen molar-refractivity contribution in [2.24, 2.45) is 0 Å². The molecule has 5 rings (SSSR count). The molecule has 1 aromatic heterocycles. The maximum Gasteiger partial charge on any atom is 0.416 e. The molecule has 2 heterocycles. The molecule has 0 saturated carbocycles. The Morgan fingerprint density at radius 3 is 2.42 bits per heavy atom. The van der Waals surface area contributed by atoms with Crippen LogP contribution in [0.2, 0.25) is 0 Å². The molecule has 4 aromatic rings. The van der Waals surface area contributed by atoms with Crippen LogP contribution < -0.4 is 5.32 Å². The van der Waals surface area contributed by atoms with Crippen LogP contribution >= 0.6 is 0 Å². The predicted octanol–water partition coefficient (Wildman–Crippen LogP) is 4.51. The second-order valence-electron chi connectivity index (χ2n) is 7.69. The first kappa shape index (κ1) is 21.1. The number of aromatic amines is 1. The van der Waals surface area contributed by atoms with Gasteiger partial charge in [0.25, 0.3) is 5.91 Å². The van der Waals surface area contributed by atoms with Crippen LogP contribution in [0.3, 0.4) is 0 Å². The maximum atomic E-state index is 14.4. The second-order valence-corrected chi connectivity index (χ2v) is 7.69. The summed E-state index contributed by atoms with van der Waals surface area (Å²) in [6.07, 6.45) is -4.76. The molecule has 168 valence electrons. The Bertz CT molecular complexity index is 1430. The number of halogens is 5. The van der Waals surface area contributed by atoms with E-state index < -0.39 is 41.4 Å². The lowest BCUT2D eigenvalue weighted by atomic mass is 9.81. The Kier molecular flexibility index (Phi) is 4.54. The summed E-state index contributed by atoms with van der Waals surface area (Å²) in [7, 11) is 0. The van der Waals surface area contributed by atoms with Crippen molar-refractivity contribution in [2.45, 2.75) is 11.7 Å². The van der Waals surface area contributed by atoms with E-state index in [4.69, 9.17) is 0 Å². The number of amides is 1. The van der Waals surface area contributed by atoms with E-state index in [-0.39, 0.29) is 39.1 Å². The molecule has 1 aliphatic heterocycles. The summed E-state index contributed by atoms with van der Waals surface area (Å²) in [5.74, 6) is -2.30. The van der Waals surface area contributed by atoms with E-state index in [0.717, 1.165) is 12.1 Å². The van der Waals surface area contributed by atoms with E-state index in [1.54, 1.807) is 0 Å². The highest BCUT2D eigenvalue weighted by Crippen LogP contribution is 2.43. The van der Waals surface area contributed by atoms with E-state index in [1.807, 2.05) is 0 Å². The highest BCUT2D eigenvalue weighted by atomic mass is 19.4. The highest BCUT2D eigenvalue weighted by molar-refractivity contribution is 6.03. The molecule has 1 aliphatic rings. The number of nitrogens with zero attached hydrogens (tertiary/aromatic N) is 1. The summed E-state index contributed by atoms with van der Waals surface area (Å²) in [5.41, 5.74) is -2.30. The second kappa shape index (κ2) is 7.11. The van der Waals surface area contributed by atoms with Crippen LogP contribution in [-0.4, -0.2) is 27.6 Å². The number of aliphatic hydroxyl groups excluding tert-OH is 1. The number of aromatic nitrogens is 2. The largest absolute Gasteiger partial charge is 0.416 e. The number of carbonyl (C=O) groups is 1. The van der Waals surface area contributed by atoms with E-state index in [9.17, 15) is 31.9 Å². The number of aliphatic hydroxyl groups is 1. The fraction of sp³-hybridized carbons (Fsp3) is 0.130. The minimum absolute atomic E-state index is 0.00852. The van der Waals surface area contributed by atoms with Gasteiger partial charge in [0.15, 0.2) is 5.82 Å². The van der Waals surface area contributed by atoms with Crippen molar-refractivity contribution in [3.8, 4) is 11.4 Å². The number of carbonyl (C=O) groups excluding carboxylic acids is 1. The highest BCUT2D eigenvalue weighted by Gasteiger charge is 2.46. The summed E-state index contributed by atoms with van der Waals surface area (Å²) < 4.78 is 67.8. The summed E-state index contributed by atoms with van der Waals surface area (Å²) >= 11 is 0. The van der Waals surface area contributed by atoms with Gasteiger partial charge in [0.1, 0.15) is 22.7 Å². The van der Waals surface area contributed by atoms with Crippen LogP contribution in [0.4, 0.5) is 22.0 Å². The topological polar surface area (TPSA) is 78.0 Å². The number of hydrogen-bond acceptors (Lipinski definition) is 3. The number of H-pyrrole nitrogens is 1. The third-order valence-corrected chi connectivity index (χ3v) is 5.74. The molecule has 0 fully saturated rings. The van der Waals surface area contributed by atoms with E-state index in [0.29, 0.717) is 6.07 Å². The molecule has 0 saturated heterocycles. The lowest BCUT2D eigenvalue weighted by molar-refractivity contribution is -0.137. The Balaban J connectivity index is 1.77. The Hall–Kier alpha value is -3.79. The molecular formula is C23H14F5N3O2. The summed E-state index contributed by atoms with van der Waals surface area (Å²) in [4.78, 5) is 19.5.